The van der Waals surface area contributed by atoms with Crippen molar-refractivity contribution in [1.29, 1.82) is 0 Å². The number of pyridine rings is 2. The Morgan fingerprint density at radius 2 is 1.70 bits per heavy atom. The van der Waals surface area contributed by atoms with E-state index in [4.69, 9.17) is 22.4 Å². The lowest BCUT2D eigenvalue weighted by molar-refractivity contribution is -0.119. The largest absolute Gasteiger partial charge is 0.477 e. The Hall–Kier alpha value is -3.55. The van der Waals surface area contributed by atoms with Gasteiger partial charge < -0.3 is 51.7 Å². The summed E-state index contributed by atoms with van der Waals surface area (Å²) in [6.45, 7) is -1.77. The maximum atomic E-state index is 15.2. The van der Waals surface area contributed by atoms with Gasteiger partial charge in [0.25, 0.3) is 0 Å². The van der Waals surface area contributed by atoms with Crippen molar-refractivity contribution in [2.24, 2.45) is 0 Å². The SMILES string of the molecule is CN(CC(O)CNc1c(F)cc2c(=O)c(C(=O)O)cn(-c3nc(N)c(F)cc3F)c2c1Cl)C[C@H](O)[C@H](O)[C@H](O)[C@H](O)CO. The highest BCUT2D eigenvalue weighted by Crippen LogP contribution is 2.34. The Kier molecular flexibility index (Phi) is 10.9. The number of hydrogen-bond donors (Lipinski definition) is 9. The number of nitrogen functional groups attached to an aromatic ring is 1. The van der Waals surface area contributed by atoms with E-state index in [2.05, 4.69) is 10.3 Å². The number of anilines is 2. The van der Waals surface area contributed by atoms with E-state index in [-0.39, 0.29) is 13.1 Å². The van der Waals surface area contributed by atoms with Gasteiger partial charge in [-0.1, -0.05) is 11.6 Å². The maximum Gasteiger partial charge on any atom is 0.341 e. The van der Waals surface area contributed by atoms with Gasteiger partial charge in [0.2, 0.25) is 5.43 Å². The number of fused-ring (bicyclic) bond motifs is 1. The molecule has 2 aromatic heterocycles. The van der Waals surface area contributed by atoms with Crippen LogP contribution in [0.4, 0.5) is 24.7 Å². The van der Waals surface area contributed by atoms with Crippen molar-refractivity contribution < 1.29 is 53.7 Å². The van der Waals surface area contributed by atoms with E-state index in [0.29, 0.717) is 22.9 Å². The third-order valence-corrected chi connectivity index (χ3v) is 6.81. The minimum Gasteiger partial charge on any atom is -0.477 e. The first-order valence-electron chi connectivity index (χ1n) is 12.4. The van der Waals surface area contributed by atoms with Gasteiger partial charge >= 0.3 is 5.97 Å². The Morgan fingerprint density at radius 3 is 2.30 bits per heavy atom. The summed E-state index contributed by atoms with van der Waals surface area (Å²) >= 11 is 6.41. The van der Waals surface area contributed by atoms with E-state index >= 15 is 4.39 Å². The molecule has 2 heterocycles. The molecule has 3 rings (SSSR count). The van der Waals surface area contributed by atoms with E-state index in [1.165, 1.54) is 11.9 Å². The van der Waals surface area contributed by atoms with Gasteiger partial charge in [-0.3, -0.25) is 9.36 Å². The number of aliphatic hydroxyl groups is 6. The van der Waals surface area contributed by atoms with Crippen molar-refractivity contribution in [2.75, 3.05) is 44.3 Å². The van der Waals surface area contributed by atoms with E-state index in [0.717, 1.165) is 0 Å². The number of aromatic nitrogens is 2. The minimum atomic E-state index is -1.85. The van der Waals surface area contributed by atoms with Gasteiger partial charge in [-0.05, 0) is 13.1 Å². The molecule has 0 saturated heterocycles. The van der Waals surface area contributed by atoms with E-state index < -0.39 is 111 Å². The summed E-state index contributed by atoms with van der Waals surface area (Å²) in [5.74, 6) is -6.92. The van der Waals surface area contributed by atoms with Crippen LogP contribution in [0.3, 0.4) is 0 Å². The second kappa shape index (κ2) is 13.8. The number of rotatable bonds is 13. The van der Waals surface area contributed by atoms with Gasteiger partial charge in [0.15, 0.2) is 23.3 Å². The third kappa shape index (κ3) is 7.34. The average molecular weight is 636 g/mol. The highest BCUT2D eigenvalue weighted by atomic mass is 35.5. The molecule has 0 aliphatic carbocycles. The minimum absolute atomic E-state index is 0.196. The number of nitrogens with one attached hydrogen (secondary N) is 1. The highest BCUT2D eigenvalue weighted by molar-refractivity contribution is 6.38. The number of aromatic carboxylic acids is 1. The summed E-state index contributed by atoms with van der Waals surface area (Å²) in [5, 5.41) is 69.4. The topological polar surface area (TPSA) is 235 Å². The van der Waals surface area contributed by atoms with Gasteiger partial charge in [0.1, 0.15) is 29.7 Å². The Balaban J connectivity index is 1.91. The molecule has 18 heteroatoms. The number of hydrogen-bond acceptors (Lipinski definition) is 12. The van der Waals surface area contributed by atoms with Crippen LogP contribution >= 0.6 is 11.6 Å². The zero-order valence-corrected chi connectivity index (χ0v) is 23.1. The molecule has 1 aromatic carbocycles. The lowest BCUT2D eigenvalue weighted by Crippen LogP contribution is -2.50. The molecule has 0 aliphatic rings. The zero-order chi connectivity index (χ0) is 32.3. The molecule has 0 amide bonds. The Labute approximate surface area is 245 Å². The molecular formula is C25H29ClF3N5O9. The predicted molar refractivity (Wildman–Crippen MR) is 147 cm³/mol. The molecule has 0 bridgehead atoms. The molecule has 0 fully saturated rings. The van der Waals surface area contributed by atoms with Gasteiger partial charge in [0.05, 0.1) is 40.4 Å². The second-order valence-electron chi connectivity index (χ2n) is 9.71. The molecule has 0 saturated carbocycles. The first kappa shape index (κ1) is 33.9. The van der Waals surface area contributed by atoms with Gasteiger partial charge in [-0.2, -0.15) is 0 Å². The normalized spacial score (nSPS) is 15.3. The van der Waals surface area contributed by atoms with Crippen molar-refractivity contribution in [3.8, 4) is 5.82 Å². The summed E-state index contributed by atoms with van der Waals surface area (Å²) in [7, 11) is 1.42. The molecule has 43 heavy (non-hydrogen) atoms. The molecule has 0 spiro atoms. The third-order valence-electron chi connectivity index (χ3n) is 6.44. The second-order valence-corrected chi connectivity index (χ2v) is 10.1. The molecule has 14 nitrogen and oxygen atoms in total. The highest BCUT2D eigenvalue weighted by Gasteiger charge is 2.31. The number of carboxylic acid groups (broad SMARTS) is 1. The van der Waals surface area contributed by atoms with E-state index in [9.17, 15) is 49.0 Å². The average Bonchev–Trinajstić information content (AvgIpc) is 2.93. The molecule has 1 unspecified atom stereocenters. The monoisotopic (exact) mass is 635 g/mol. The van der Waals surface area contributed by atoms with Crippen LogP contribution in [-0.4, -0.2) is 120 Å². The molecule has 5 atom stereocenters. The van der Waals surface area contributed by atoms with Gasteiger partial charge in [-0.15, -0.1) is 0 Å². The van der Waals surface area contributed by atoms with E-state index in [1.807, 2.05) is 0 Å². The fourth-order valence-electron chi connectivity index (χ4n) is 4.24. The summed E-state index contributed by atoms with van der Waals surface area (Å²) in [6.07, 6.45) is -7.61. The predicted octanol–water partition coefficient (Wildman–Crippen LogP) is -1.12. The smallest absolute Gasteiger partial charge is 0.341 e. The van der Waals surface area contributed by atoms with Crippen LogP contribution in [0, 0.1) is 17.5 Å². The van der Waals surface area contributed by atoms with Crippen LogP contribution in [0.25, 0.3) is 16.7 Å². The number of aliphatic hydroxyl groups excluding tert-OH is 6. The molecule has 10 N–H and O–H groups in total. The Bertz CT molecular complexity index is 1560. The van der Waals surface area contributed by atoms with Crippen LogP contribution in [-0.2, 0) is 0 Å². The fraction of sp³-hybridized carbons (Fsp3) is 0.400. The molecular weight excluding hydrogens is 607 g/mol. The number of nitrogens with two attached hydrogens (primary N) is 1. The van der Waals surface area contributed by atoms with Crippen LogP contribution in [0.2, 0.25) is 5.02 Å². The lowest BCUT2D eigenvalue weighted by Gasteiger charge is -2.29. The number of halogens is 4. The molecule has 0 radical (unpaired) electrons. The van der Waals surface area contributed by atoms with Crippen molar-refractivity contribution in [2.45, 2.75) is 30.5 Å². The summed E-state index contributed by atoms with van der Waals surface area (Å²) in [6, 6.07) is 1.01. The summed E-state index contributed by atoms with van der Waals surface area (Å²) in [5.41, 5.74) is 2.48. The number of carbonyl (C=O) groups is 1. The number of benzene rings is 1. The van der Waals surface area contributed by atoms with Crippen LogP contribution in [0.5, 0.6) is 0 Å². The van der Waals surface area contributed by atoms with Crippen molar-refractivity contribution in [1.82, 2.24) is 14.5 Å². The zero-order valence-electron chi connectivity index (χ0n) is 22.3. The standard InChI is InChI=1S/C25H29ClF3N5O9/c1-33(7-15(37)21(40)22(41)16(38)8-35)5-9(36)4-31-18-12(27)2-10-19(17(18)26)34(6-11(20(10)39)25(42)43)24-14(29)3-13(28)23(30)32-24/h2-3,6,9,15-16,21-22,31,35-38,40-41H,4-5,7-8H2,1H3,(H2,30,32)(H,42,43)/t9?,15-,16+,21-,22+/m0/s1. The molecule has 236 valence electrons. The van der Waals surface area contributed by atoms with Crippen molar-refractivity contribution in [3.63, 3.8) is 0 Å². The van der Waals surface area contributed by atoms with Crippen molar-refractivity contribution >= 4 is 40.0 Å². The first-order valence-corrected chi connectivity index (χ1v) is 12.8. The van der Waals surface area contributed by atoms with E-state index in [1.54, 1.807) is 0 Å². The maximum absolute atomic E-state index is 15.2. The number of carboxylic acids is 1. The van der Waals surface area contributed by atoms with Crippen LogP contribution in [0.15, 0.2) is 23.1 Å². The number of nitrogens with zero attached hydrogens (tertiary/aromatic N) is 3. The van der Waals surface area contributed by atoms with Crippen LogP contribution < -0.4 is 16.5 Å². The fourth-order valence-corrected chi connectivity index (χ4v) is 4.59. The van der Waals surface area contributed by atoms with Gasteiger partial charge in [0, 0.05) is 31.9 Å². The lowest BCUT2D eigenvalue weighted by atomic mass is 10.0. The summed E-state index contributed by atoms with van der Waals surface area (Å²) in [4.78, 5) is 29.4. The first-order chi connectivity index (χ1) is 20.1. The molecule has 3 aromatic rings. The summed E-state index contributed by atoms with van der Waals surface area (Å²) < 4.78 is 44.4. The van der Waals surface area contributed by atoms with Crippen molar-refractivity contribution in [3.05, 3.63) is 56.6 Å². The molecule has 0 aliphatic heterocycles. The Morgan fingerprint density at radius 1 is 1.07 bits per heavy atom. The quantitative estimate of drug-likeness (QED) is 0.108. The van der Waals surface area contributed by atoms with Crippen LogP contribution in [0.1, 0.15) is 10.4 Å². The number of likely N-dealkylation sites (N-methyl/N-ethyl adjacent to an activating group) is 1. The van der Waals surface area contributed by atoms with Gasteiger partial charge in [-0.25, -0.2) is 22.9 Å².